The molecule has 0 aliphatic heterocycles. The number of hydrogen-bond donors (Lipinski definition) is 1. The van der Waals surface area contributed by atoms with E-state index in [1.165, 1.54) is 24.6 Å². The van der Waals surface area contributed by atoms with Crippen LogP contribution in [0.4, 0.5) is 0 Å². The summed E-state index contributed by atoms with van der Waals surface area (Å²) >= 11 is 5.44. The smallest absolute Gasteiger partial charge is 0.151 e. The Bertz CT molecular complexity index is 720. The van der Waals surface area contributed by atoms with Gasteiger partial charge in [-0.05, 0) is 25.1 Å². The summed E-state index contributed by atoms with van der Waals surface area (Å²) in [6.07, 6.45) is 0. The number of hydrogen-bond acceptors (Lipinski definition) is 2. The van der Waals surface area contributed by atoms with E-state index in [0.29, 0.717) is 6.04 Å². The molecular formula is C17H18BrN2S+. The first-order chi connectivity index (χ1) is 10.1. The summed E-state index contributed by atoms with van der Waals surface area (Å²) in [5.74, 6) is 0. The average molecular weight is 362 g/mol. The molecule has 1 N–H and O–H groups in total. The Morgan fingerprint density at radius 3 is 2.62 bits per heavy atom. The summed E-state index contributed by atoms with van der Waals surface area (Å²) < 4.78 is 2.45. The van der Waals surface area contributed by atoms with Gasteiger partial charge in [0.25, 0.3) is 0 Å². The van der Waals surface area contributed by atoms with Gasteiger partial charge < -0.3 is 4.90 Å². The number of rotatable bonds is 4. The van der Waals surface area contributed by atoms with Crippen LogP contribution in [0.5, 0.6) is 0 Å². The zero-order valence-electron chi connectivity index (χ0n) is 12.1. The number of nitrogens with one attached hydrogen (secondary N) is 1. The fraction of sp³-hybridized carbons (Fsp3) is 0.235. The van der Waals surface area contributed by atoms with Crippen molar-refractivity contribution in [2.24, 2.45) is 0 Å². The summed E-state index contributed by atoms with van der Waals surface area (Å²) in [5.41, 5.74) is 2.45. The van der Waals surface area contributed by atoms with Crippen LogP contribution in [0.1, 0.15) is 23.5 Å². The molecule has 108 valence electrons. The van der Waals surface area contributed by atoms with E-state index in [1.807, 2.05) is 6.07 Å². The Morgan fingerprint density at radius 2 is 1.86 bits per heavy atom. The molecule has 0 spiro atoms. The number of aromatic nitrogens is 1. The van der Waals surface area contributed by atoms with Crippen molar-refractivity contribution in [3.05, 3.63) is 63.6 Å². The predicted octanol–water partition coefficient (Wildman–Crippen LogP) is 3.83. The number of para-hydroxylation sites is 1. The van der Waals surface area contributed by atoms with Gasteiger partial charge in [0.05, 0.1) is 17.3 Å². The van der Waals surface area contributed by atoms with Crippen LogP contribution in [0.2, 0.25) is 0 Å². The second-order valence-electron chi connectivity index (χ2n) is 5.36. The van der Waals surface area contributed by atoms with Crippen LogP contribution < -0.4 is 4.90 Å². The van der Waals surface area contributed by atoms with Crippen molar-refractivity contribution >= 4 is 37.5 Å². The Hall–Kier alpha value is -1.23. The van der Waals surface area contributed by atoms with Gasteiger partial charge in [-0.3, -0.25) is 0 Å². The summed E-state index contributed by atoms with van der Waals surface area (Å²) in [5, 5.41) is 1.21. The van der Waals surface area contributed by atoms with E-state index in [0.717, 1.165) is 12.1 Å². The molecule has 0 saturated carbocycles. The van der Waals surface area contributed by atoms with Crippen LogP contribution in [0.15, 0.2) is 53.0 Å². The molecule has 1 unspecified atom stereocenters. The first-order valence-corrected chi connectivity index (χ1v) is 8.67. The monoisotopic (exact) mass is 361 g/mol. The van der Waals surface area contributed by atoms with Gasteiger partial charge in [-0.2, -0.15) is 0 Å². The van der Waals surface area contributed by atoms with Crippen LogP contribution in [-0.2, 0) is 6.54 Å². The summed E-state index contributed by atoms with van der Waals surface area (Å²) in [4.78, 5) is 6.23. The molecule has 0 aliphatic rings. The number of quaternary nitrogens is 1. The molecule has 1 aromatic heterocycles. The number of fused-ring (bicyclic) bond motifs is 1. The number of halogens is 1. The molecule has 0 fully saturated rings. The minimum atomic E-state index is 0.384. The molecule has 4 heteroatoms. The molecule has 21 heavy (non-hydrogen) atoms. The van der Waals surface area contributed by atoms with Crippen molar-refractivity contribution < 1.29 is 4.90 Å². The number of benzene rings is 2. The van der Waals surface area contributed by atoms with Gasteiger partial charge in [0, 0.05) is 10.0 Å². The zero-order chi connectivity index (χ0) is 14.8. The molecule has 0 bridgehead atoms. The van der Waals surface area contributed by atoms with Gasteiger partial charge in [0.2, 0.25) is 0 Å². The fourth-order valence-corrected chi connectivity index (χ4v) is 3.92. The van der Waals surface area contributed by atoms with Crippen LogP contribution in [0, 0.1) is 0 Å². The average Bonchev–Trinajstić information content (AvgIpc) is 2.92. The second-order valence-corrected chi connectivity index (χ2v) is 7.27. The van der Waals surface area contributed by atoms with E-state index in [4.69, 9.17) is 4.98 Å². The lowest BCUT2D eigenvalue weighted by Crippen LogP contribution is -3.07. The first kappa shape index (κ1) is 14.7. The van der Waals surface area contributed by atoms with Crippen LogP contribution in [0.25, 0.3) is 10.2 Å². The third kappa shape index (κ3) is 3.18. The molecule has 3 aromatic rings. The summed E-state index contributed by atoms with van der Waals surface area (Å²) in [6.45, 7) is 3.24. The minimum absolute atomic E-state index is 0.384. The Balaban J connectivity index is 1.80. The van der Waals surface area contributed by atoms with Crippen LogP contribution in [0.3, 0.4) is 0 Å². The zero-order valence-corrected chi connectivity index (χ0v) is 14.5. The van der Waals surface area contributed by atoms with Gasteiger partial charge in [0.15, 0.2) is 5.01 Å². The SMILES string of the molecule is C[C@H](c1nc2ccccc2s1)[NH+](C)Cc1ccccc1Br. The lowest BCUT2D eigenvalue weighted by atomic mass is 10.2. The van der Waals surface area contributed by atoms with Crippen molar-refractivity contribution in [3.63, 3.8) is 0 Å². The fourth-order valence-electron chi connectivity index (χ4n) is 2.38. The lowest BCUT2D eigenvalue weighted by Gasteiger charge is -2.20. The van der Waals surface area contributed by atoms with Crippen molar-refractivity contribution in [2.75, 3.05) is 7.05 Å². The first-order valence-electron chi connectivity index (χ1n) is 7.06. The highest BCUT2D eigenvalue weighted by Crippen LogP contribution is 2.25. The number of nitrogens with zero attached hydrogens (tertiary/aromatic N) is 1. The molecule has 0 aliphatic carbocycles. The number of thiazole rings is 1. The van der Waals surface area contributed by atoms with Crippen molar-refractivity contribution in [1.82, 2.24) is 4.98 Å². The molecule has 1 heterocycles. The molecule has 0 radical (unpaired) electrons. The van der Waals surface area contributed by atoms with Crippen molar-refractivity contribution in [2.45, 2.75) is 19.5 Å². The molecule has 2 nitrogen and oxygen atoms in total. The third-order valence-corrected chi connectivity index (χ3v) is 5.84. The maximum Gasteiger partial charge on any atom is 0.151 e. The second kappa shape index (κ2) is 6.26. The highest BCUT2D eigenvalue weighted by molar-refractivity contribution is 9.10. The van der Waals surface area contributed by atoms with Gasteiger partial charge in [-0.15, -0.1) is 11.3 Å². The summed E-state index contributed by atoms with van der Waals surface area (Å²) in [7, 11) is 2.23. The third-order valence-electron chi connectivity index (χ3n) is 3.85. The predicted molar refractivity (Wildman–Crippen MR) is 92.8 cm³/mol. The van der Waals surface area contributed by atoms with Gasteiger partial charge in [0.1, 0.15) is 12.6 Å². The molecule has 3 rings (SSSR count). The quantitative estimate of drug-likeness (QED) is 0.747. The minimum Gasteiger partial charge on any atom is -0.326 e. The van der Waals surface area contributed by atoms with Crippen molar-refractivity contribution in [1.29, 1.82) is 0 Å². The van der Waals surface area contributed by atoms with E-state index in [1.54, 1.807) is 11.3 Å². The standard InChI is InChI=1S/C17H17BrN2S/c1-12(17-19-15-9-5-6-10-16(15)21-17)20(2)11-13-7-3-4-8-14(13)18/h3-10,12H,11H2,1-2H3/p+1/t12-/m1/s1. The Morgan fingerprint density at radius 1 is 1.14 bits per heavy atom. The molecule has 0 amide bonds. The van der Waals surface area contributed by atoms with E-state index in [9.17, 15) is 0 Å². The highest BCUT2D eigenvalue weighted by atomic mass is 79.9. The largest absolute Gasteiger partial charge is 0.326 e. The topological polar surface area (TPSA) is 17.3 Å². The highest BCUT2D eigenvalue weighted by Gasteiger charge is 2.20. The van der Waals surface area contributed by atoms with Crippen LogP contribution in [-0.4, -0.2) is 12.0 Å². The normalized spacial score (nSPS) is 14.2. The van der Waals surface area contributed by atoms with Gasteiger partial charge in [-0.25, -0.2) is 4.98 Å². The summed E-state index contributed by atoms with van der Waals surface area (Å²) in [6, 6.07) is 17.2. The van der Waals surface area contributed by atoms with Gasteiger partial charge >= 0.3 is 0 Å². The van der Waals surface area contributed by atoms with E-state index in [2.05, 4.69) is 72.4 Å². The molecule has 0 saturated heterocycles. The van der Waals surface area contributed by atoms with E-state index >= 15 is 0 Å². The molecule has 2 atom stereocenters. The van der Waals surface area contributed by atoms with E-state index in [-0.39, 0.29) is 0 Å². The van der Waals surface area contributed by atoms with Crippen molar-refractivity contribution in [3.8, 4) is 0 Å². The van der Waals surface area contributed by atoms with Gasteiger partial charge in [-0.1, -0.05) is 46.3 Å². The molecular weight excluding hydrogens is 344 g/mol. The lowest BCUT2D eigenvalue weighted by molar-refractivity contribution is -0.924. The Labute approximate surface area is 137 Å². The van der Waals surface area contributed by atoms with E-state index < -0.39 is 0 Å². The molecule has 2 aromatic carbocycles. The van der Waals surface area contributed by atoms with Crippen LogP contribution >= 0.6 is 27.3 Å². The maximum atomic E-state index is 4.78. The maximum absolute atomic E-state index is 4.78. The Kier molecular flexibility index (Phi) is 4.38.